The number of rotatable bonds is 3. The van der Waals surface area contributed by atoms with Crippen molar-refractivity contribution in [2.45, 2.75) is 32.8 Å². The Balaban J connectivity index is 2.40. The Kier molecular flexibility index (Phi) is 4.40. The monoisotopic (exact) mass is 268 g/mol. The second-order valence-electron chi connectivity index (χ2n) is 4.43. The van der Waals surface area contributed by atoms with Gasteiger partial charge in [-0.05, 0) is 51.0 Å². The molecule has 0 aliphatic rings. The van der Waals surface area contributed by atoms with E-state index in [0.717, 1.165) is 10.9 Å². The molecule has 0 fully saturated rings. The van der Waals surface area contributed by atoms with Gasteiger partial charge in [0, 0.05) is 4.47 Å². The lowest BCUT2D eigenvalue weighted by atomic mass is 10.1. The summed E-state index contributed by atoms with van der Waals surface area (Å²) in [6.07, 6.45) is 4.72. The Hall–Kier alpha value is -0.760. The summed E-state index contributed by atoms with van der Waals surface area (Å²) in [5.41, 5.74) is 1.18. The van der Waals surface area contributed by atoms with Crippen LogP contribution in [0.15, 0.2) is 41.1 Å². The molecule has 0 bridgehead atoms. The molecule has 15 heavy (non-hydrogen) atoms. The maximum atomic E-state index is 5.48. The molecule has 0 unspecified atom stereocenters. The summed E-state index contributed by atoms with van der Waals surface area (Å²) < 4.78 is 6.60. The van der Waals surface area contributed by atoms with Crippen LogP contribution >= 0.6 is 15.9 Å². The van der Waals surface area contributed by atoms with Crippen LogP contribution in [0.4, 0.5) is 0 Å². The normalized spacial score (nSPS) is 12.0. The number of hydrogen-bond donors (Lipinski definition) is 0. The van der Waals surface area contributed by atoms with Crippen LogP contribution < -0.4 is 0 Å². The van der Waals surface area contributed by atoms with Crippen LogP contribution in [0.5, 0.6) is 0 Å². The fourth-order valence-electron chi connectivity index (χ4n) is 1.06. The average molecular weight is 269 g/mol. The van der Waals surface area contributed by atoms with Crippen LogP contribution in [0.1, 0.15) is 26.3 Å². The molecule has 0 radical (unpaired) electrons. The minimum atomic E-state index is -0.101. The molecule has 1 rings (SSSR count). The molecule has 0 N–H and O–H groups in total. The number of benzene rings is 1. The van der Waals surface area contributed by atoms with E-state index in [1.165, 1.54) is 5.56 Å². The van der Waals surface area contributed by atoms with Gasteiger partial charge in [0.05, 0.1) is 11.9 Å². The first-order valence-corrected chi connectivity index (χ1v) is 5.84. The van der Waals surface area contributed by atoms with Gasteiger partial charge in [-0.1, -0.05) is 28.1 Å². The van der Waals surface area contributed by atoms with Gasteiger partial charge in [0.2, 0.25) is 0 Å². The van der Waals surface area contributed by atoms with E-state index in [2.05, 4.69) is 28.1 Å². The minimum absolute atomic E-state index is 0.101. The van der Waals surface area contributed by atoms with E-state index in [1.54, 1.807) is 6.26 Å². The Morgan fingerprint density at radius 2 is 1.80 bits per heavy atom. The summed E-state index contributed by atoms with van der Waals surface area (Å²) in [4.78, 5) is 0. The third-order valence-corrected chi connectivity index (χ3v) is 2.31. The first kappa shape index (κ1) is 12.3. The highest BCUT2D eigenvalue weighted by molar-refractivity contribution is 9.10. The largest absolute Gasteiger partial charge is 0.496 e. The predicted octanol–water partition coefficient (Wildman–Crippen LogP) is 4.32. The standard InChI is InChI=1S/C13H17BrO/c1-13(2,3)15-10-4-5-11-6-8-12(14)9-7-11/h4,6-10H,5H2,1-3H3/b10-4+. The Morgan fingerprint density at radius 1 is 1.20 bits per heavy atom. The van der Waals surface area contributed by atoms with Crippen molar-refractivity contribution in [3.05, 3.63) is 46.6 Å². The third kappa shape index (κ3) is 5.63. The molecule has 1 aromatic carbocycles. The Morgan fingerprint density at radius 3 is 2.33 bits per heavy atom. The average Bonchev–Trinajstić information content (AvgIpc) is 2.14. The van der Waals surface area contributed by atoms with Crippen LogP contribution in [-0.2, 0) is 11.2 Å². The molecular formula is C13H17BrO. The van der Waals surface area contributed by atoms with Crippen LogP contribution in [0, 0.1) is 0 Å². The zero-order valence-electron chi connectivity index (χ0n) is 9.46. The van der Waals surface area contributed by atoms with E-state index in [4.69, 9.17) is 4.74 Å². The van der Waals surface area contributed by atoms with Gasteiger partial charge < -0.3 is 4.74 Å². The molecule has 0 aliphatic heterocycles. The lowest BCUT2D eigenvalue weighted by Crippen LogP contribution is -2.15. The van der Waals surface area contributed by atoms with Gasteiger partial charge in [0.25, 0.3) is 0 Å². The number of hydrogen-bond acceptors (Lipinski definition) is 1. The van der Waals surface area contributed by atoms with Crippen LogP contribution in [0.3, 0.4) is 0 Å². The smallest absolute Gasteiger partial charge is 0.0998 e. The van der Waals surface area contributed by atoms with E-state index in [9.17, 15) is 0 Å². The van der Waals surface area contributed by atoms with Gasteiger partial charge in [-0.3, -0.25) is 0 Å². The topological polar surface area (TPSA) is 9.23 Å². The summed E-state index contributed by atoms with van der Waals surface area (Å²) in [6.45, 7) is 6.12. The molecule has 0 saturated carbocycles. The van der Waals surface area contributed by atoms with Crippen molar-refractivity contribution < 1.29 is 4.74 Å². The van der Waals surface area contributed by atoms with Crippen molar-refractivity contribution in [1.29, 1.82) is 0 Å². The van der Waals surface area contributed by atoms with Gasteiger partial charge >= 0.3 is 0 Å². The molecule has 0 heterocycles. The molecule has 1 nitrogen and oxygen atoms in total. The maximum absolute atomic E-state index is 5.48. The quantitative estimate of drug-likeness (QED) is 0.742. The van der Waals surface area contributed by atoms with Crippen LogP contribution in [-0.4, -0.2) is 5.60 Å². The minimum Gasteiger partial charge on any atom is -0.496 e. The lowest BCUT2D eigenvalue weighted by Gasteiger charge is -2.17. The van der Waals surface area contributed by atoms with Crippen molar-refractivity contribution >= 4 is 15.9 Å². The third-order valence-electron chi connectivity index (χ3n) is 1.78. The lowest BCUT2D eigenvalue weighted by molar-refractivity contribution is 0.0763. The highest BCUT2D eigenvalue weighted by Gasteiger charge is 2.06. The van der Waals surface area contributed by atoms with Gasteiger partial charge in [0.15, 0.2) is 0 Å². The molecule has 0 amide bonds. The summed E-state index contributed by atoms with van der Waals surface area (Å²) in [6, 6.07) is 8.30. The van der Waals surface area contributed by atoms with Crippen molar-refractivity contribution in [1.82, 2.24) is 0 Å². The molecule has 0 atom stereocenters. The maximum Gasteiger partial charge on any atom is 0.0998 e. The van der Waals surface area contributed by atoms with E-state index in [-0.39, 0.29) is 5.60 Å². The number of ether oxygens (including phenoxy) is 1. The molecule has 1 aromatic rings. The van der Waals surface area contributed by atoms with E-state index in [0.29, 0.717) is 0 Å². The van der Waals surface area contributed by atoms with E-state index >= 15 is 0 Å². The second-order valence-corrected chi connectivity index (χ2v) is 5.35. The Bertz CT molecular complexity index is 319. The summed E-state index contributed by atoms with van der Waals surface area (Å²) in [7, 11) is 0. The highest BCUT2D eigenvalue weighted by atomic mass is 79.9. The highest BCUT2D eigenvalue weighted by Crippen LogP contribution is 2.12. The van der Waals surface area contributed by atoms with Crippen molar-refractivity contribution in [3.8, 4) is 0 Å². The van der Waals surface area contributed by atoms with Crippen molar-refractivity contribution in [2.24, 2.45) is 0 Å². The van der Waals surface area contributed by atoms with Crippen molar-refractivity contribution in [2.75, 3.05) is 0 Å². The van der Waals surface area contributed by atoms with E-state index in [1.807, 2.05) is 39.0 Å². The zero-order chi connectivity index (χ0) is 11.3. The zero-order valence-corrected chi connectivity index (χ0v) is 11.0. The van der Waals surface area contributed by atoms with E-state index < -0.39 is 0 Å². The Labute approximate surface area is 100 Å². The fraction of sp³-hybridized carbons (Fsp3) is 0.385. The van der Waals surface area contributed by atoms with Gasteiger partial charge in [-0.25, -0.2) is 0 Å². The number of halogens is 1. The fourth-order valence-corrected chi connectivity index (χ4v) is 1.32. The molecule has 2 heteroatoms. The number of allylic oxidation sites excluding steroid dienone is 1. The van der Waals surface area contributed by atoms with Crippen LogP contribution in [0.2, 0.25) is 0 Å². The first-order valence-electron chi connectivity index (χ1n) is 5.05. The van der Waals surface area contributed by atoms with Gasteiger partial charge in [-0.15, -0.1) is 0 Å². The second kappa shape index (κ2) is 5.36. The predicted molar refractivity (Wildman–Crippen MR) is 67.8 cm³/mol. The molecule has 0 aromatic heterocycles. The van der Waals surface area contributed by atoms with Gasteiger partial charge in [-0.2, -0.15) is 0 Å². The molecular weight excluding hydrogens is 252 g/mol. The molecule has 0 aliphatic carbocycles. The summed E-state index contributed by atoms with van der Waals surface area (Å²) >= 11 is 3.41. The summed E-state index contributed by atoms with van der Waals surface area (Å²) in [5, 5.41) is 0. The SMILES string of the molecule is CC(C)(C)O/C=C/Cc1ccc(Br)cc1. The molecule has 0 saturated heterocycles. The summed E-state index contributed by atoms with van der Waals surface area (Å²) in [5.74, 6) is 0. The first-order chi connectivity index (χ1) is 6.97. The van der Waals surface area contributed by atoms with Crippen molar-refractivity contribution in [3.63, 3.8) is 0 Å². The molecule has 82 valence electrons. The molecule has 0 spiro atoms. The van der Waals surface area contributed by atoms with Gasteiger partial charge in [0.1, 0.15) is 0 Å². The van der Waals surface area contributed by atoms with Crippen LogP contribution in [0.25, 0.3) is 0 Å².